The zero-order valence-corrected chi connectivity index (χ0v) is 11.6. The zero-order valence-electron chi connectivity index (χ0n) is 11.6. The molecule has 3 nitrogen and oxygen atoms in total. The first-order valence-electron chi connectivity index (χ1n) is 7.04. The molecule has 1 N–H and O–H groups in total. The van der Waals surface area contributed by atoms with Crippen LogP contribution in [0.15, 0.2) is 30.3 Å². The summed E-state index contributed by atoms with van der Waals surface area (Å²) < 4.78 is 0. The van der Waals surface area contributed by atoms with Crippen molar-refractivity contribution in [2.75, 3.05) is 12.4 Å². The van der Waals surface area contributed by atoms with E-state index in [1.807, 2.05) is 25.2 Å². The first kappa shape index (κ1) is 12.7. The van der Waals surface area contributed by atoms with Crippen LogP contribution in [0.1, 0.15) is 29.7 Å². The summed E-state index contributed by atoms with van der Waals surface area (Å²) in [4.78, 5) is 4.66. The van der Waals surface area contributed by atoms with E-state index in [4.69, 9.17) is 0 Å². The first-order chi connectivity index (χ1) is 9.85. The number of benzene rings is 1. The molecular formula is C17H17N3. The van der Waals surface area contributed by atoms with Gasteiger partial charge in [-0.25, -0.2) is 4.98 Å². The number of hydrogen-bond donors (Lipinski definition) is 1. The van der Waals surface area contributed by atoms with Gasteiger partial charge in [-0.15, -0.1) is 0 Å². The molecule has 0 radical (unpaired) electrons. The number of aryl methyl sites for hydroxylation is 1. The van der Waals surface area contributed by atoms with Gasteiger partial charge in [-0.1, -0.05) is 30.3 Å². The van der Waals surface area contributed by atoms with Crippen LogP contribution in [-0.2, 0) is 12.8 Å². The van der Waals surface area contributed by atoms with E-state index < -0.39 is 0 Å². The second-order valence-electron chi connectivity index (χ2n) is 5.07. The Morgan fingerprint density at radius 3 is 2.60 bits per heavy atom. The standard InChI is InChI=1S/C17H17N3/c1-19-17-14(11-18)16(12-7-3-2-4-8-12)13-9-5-6-10-15(13)20-17/h2-4,7-8H,5-6,9-10H2,1H3,(H,19,20). The van der Waals surface area contributed by atoms with E-state index >= 15 is 0 Å². The number of pyridine rings is 1. The van der Waals surface area contributed by atoms with Gasteiger partial charge in [0, 0.05) is 18.3 Å². The van der Waals surface area contributed by atoms with Crippen molar-refractivity contribution in [3.05, 3.63) is 47.2 Å². The number of hydrogen-bond acceptors (Lipinski definition) is 3. The van der Waals surface area contributed by atoms with Gasteiger partial charge in [-0.3, -0.25) is 0 Å². The van der Waals surface area contributed by atoms with Crippen LogP contribution in [0.3, 0.4) is 0 Å². The third kappa shape index (κ3) is 2.04. The summed E-state index contributed by atoms with van der Waals surface area (Å²) in [6.07, 6.45) is 4.39. The lowest BCUT2D eigenvalue weighted by molar-refractivity contribution is 0.669. The smallest absolute Gasteiger partial charge is 0.144 e. The molecule has 0 aliphatic heterocycles. The minimum absolute atomic E-state index is 0.666. The number of rotatable bonds is 2. The van der Waals surface area contributed by atoms with E-state index in [1.165, 1.54) is 18.4 Å². The van der Waals surface area contributed by atoms with Crippen LogP contribution in [0.25, 0.3) is 11.1 Å². The molecule has 0 saturated carbocycles. The van der Waals surface area contributed by atoms with Crippen LogP contribution in [0.2, 0.25) is 0 Å². The van der Waals surface area contributed by atoms with Crippen LogP contribution < -0.4 is 5.32 Å². The number of anilines is 1. The van der Waals surface area contributed by atoms with E-state index in [-0.39, 0.29) is 0 Å². The SMILES string of the molecule is CNc1nc2c(c(-c3ccccc3)c1C#N)CCCC2. The third-order valence-corrected chi connectivity index (χ3v) is 3.89. The first-order valence-corrected chi connectivity index (χ1v) is 7.04. The van der Waals surface area contributed by atoms with Gasteiger partial charge in [-0.2, -0.15) is 5.26 Å². The van der Waals surface area contributed by atoms with E-state index in [0.717, 1.165) is 29.7 Å². The Kier molecular flexibility index (Phi) is 3.39. The predicted molar refractivity (Wildman–Crippen MR) is 80.6 cm³/mol. The van der Waals surface area contributed by atoms with Crippen molar-refractivity contribution in [1.29, 1.82) is 5.26 Å². The molecule has 3 heteroatoms. The highest BCUT2D eigenvalue weighted by Gasteiger charge is 2.22. The topological polar surface area (TPSA) is 48.7 Å². The molecule has 2 aromatic rings. The van der Waals surface area contributed by atoms with Gasteiger partial charge in [0.25, 0.3) is 0 Å². The van der Waals surface area contributed by atoms with Gasteiger partial charge in [0.1, 0.15) is 17.5 Å². The van der Waals surface area contributed by atoms with E-state index in [2.05, 4.69) is 28.5 Å². The van der Waals surface area contributed by atoms with E-state index in [9.17, 15) is 5.26 Å². The largest absolute Gasteiger partial charge is 0.372 e. The minimum atomic E-state index is 0.666. The average Bonchev–Trinajstić information content (AvgIpc) is 2.53. The fraction of sp³-hybridized carbons (Fsp3) is 0.294. The molecule has 1 heterocycles. The summed E-state index contributed by atoms with van der Waals surface area (Å²) in [5.41, 5.74) is 5.26. The maximum Gasteiger partial charge on any atom is 0.144 e. The fourth-order valence-corrected chi connectivity index (χ4v) is 2.96. The van der Waals surface area contributed by atoms with Crippen molar-refractivity contribution < 1.29 is 0 Å². The second kappa shape index (κ2) is 5.34. The van der Waals surface area contributed by atoms with Crippen LogP contribution >= 0.6 is 0 Å². The van der Waals surface area contributed by atoms with Crippen molar-refractivity contribution in [3.8, 4) is 17.2 Å². The normalized spacial score (nSPS) is 13.4. The molecule has 0 spiro atoms. The summed E-state index contributed by atoms with van der Waals surface area (Å²) in [6.45, 7) is 0. The maximum absolute atomic E-state index is 9.56. The highest BCUT2D eigenvalue weighted by atomic mass is 15.0. The molecule has 0 bridgehead atoms. The molecule has 20 heavy (non-hydrogen) atoms. The van der Waals surface area contributed by atoms with Crippen LogP contribution in [0.4, 0.5) is 5.82 Å². The van der Waals surface area contributed by atoms with Gasteiger partial charge in [-0.05, 0) is 36.8 Å². The van der Waals surface area contributed by atoms with Crippen LogP contribution in [0.5, 0.6) is 0 Å². The Labute approximate surface area is 119 Å². The van der Waals surface area contributed by atoms with Crippen LogP contribution in [-0.4, -0.2) is 12.0 Å². The van der Waals surface area contributed by atoms with E-state index in [0.29, 0.717) is 11.4 Å². The fourth-order valence-electron chi connectivity index (χ4n) is 2.96. The van der Waals surface area contributed by atoms with Crippen molar-refractivity contribution in [1.82, 2.24) is 4.98 Å². The van der Waals surface area contributed by atoms with Gasteiger partial charge >= 0.3 is 0 Å². The zero-order chi connectivity index (χ0) is 13.9. The van der Waals surface area contributed by atoms with Crippen molar-refractivity contribution in [2.45, 2.75) is 25.7 Å². The summed E-state index contributed by atoms with van der Waals surface area (Å²) in [5, 5.41) is 12.6. The monoisotopic (exact) mass is 263 g/mol. The van der Waals surface area contributed by atoms with Crippen molar-refractivity contribution in [3.63, 3.8) is 0 Å². The Balaban J connectivity index is 2.32. The molecule has 3 rings (SSSR count). The second-order valence-corrected chi connectivity index (χ2v) is 5.07. The Bertz CT molecular complexity index is 669. The molecule has 0 atom stereocenters. The van der Waals surface area contributed by atoms with Gasteiger partial charge < -0.3 is 5.32 Å². The quantitative estimate of drug-likeness (QED) is 0.901. The van der Waals surface area contributed by atoms with E-state index in [1.54, 1.807) is 0 Å². The number of nitrogens with zero attached hydrogens (tertiary/aromatic N) is 2. The summed E-state index contributed by atoms with van der Waals surface area (Å²) >= 11 is 0. The molecule has 0 fully saturated rings. The number of aromatic nitrogens is 1. The highest BCUT2D eigenvalue weighted by Crippen LogP contribution is 2.36. The minimum Gasteiger partial charge on any atom is -0.372 e. The molecule has 1 aliphatic carbocycles. The molecule has 1 aromatic heterocycles. The average molecular weight is 263 g/mol. The number of nitrogens with one attached hydrogen (secondary N) is 1. The lowest BCUT2D eigenvalue weighted by atomic mass is 9.86. The lowest BCUT2D eigenvalue weighted by Crippen LogP contribution is -2.11. The summed E-state index contributed by atoms with van der Waals surface area (Å²) in [6, 6.07) is 12.5. The number of fused-ring (bicyclic) bond motifs is 1. The summed E-state index contributed by atoms with van der Waals surface area (Å²) in [5.74, 6) is 0.701. The molecular weight excluding hydrogens is 246 g/mol. The summed E-state index contributed by atoms with van der Waals surface area (Å²) in [7, 11) is 1.83. The number of nitriles is 1. The lowest BCUT2D eigenvalue weighted by Gasteiger charge is -2.21. The Hall–Kier alpha value is -2.34. The van der Waals surface area contributed by atoms with Gasteiger partial charge in [0.2, 0.25) is 0 Å². The predicted octanol–water partition coefficient (Wildman–Crippen LogP) is 3.54. The van der Waals surface area contributed by atoms with Gasteiger partial charge in [0.05, 0.1) is 0 Å². The molecule has 100 valence electrons. The maximum atomic E-state index is 9.56. The highest BCUT2D eigenvalue weighted by molar-refractivity contribution is 5.79. The van der Waals surface area contributed by atoms with Crippen molar-refractivity contribution >= 4 is 5.82 Å². The molecule has 0 amide bonds. The molecule has 1 aromatic carbocycles. The van der Waals surface area contributed by atoms with Crippen LogP contribution in [0, 0.1) is 11.3 Å². The molecule has 1 aliphatic rings. The Morgan fingerprint density at radius 2 is 1.90 bits per heavy atom. The van der Waals surface area contributed by atoms with Crippen molar-refractivity contribution in [2.24, 2.45) is 0 Å². The molecule has 0 unspecified atom stereocenters. The third-order valence-electron chi connectivity index (χ3n) is 3.89. The Morgan fingerprint density at radius 1 is 1.15 bits per heavy atom. The van der Waals surface area contributed by atoms with Gasteiger partial charge in [0.15, 0.2) is 0 Å². The molecule has 0 saturated heterocycles.